The van der Waals surface area contributed by atoms with E-state index in [9.17, 15) is 5.11 Å². The maximum atomic E-state index is 9.24. The molecule has 66 valence electrons. The van der Waals surface area contributed by atoms with Crippen LogP contribution in [0.2, 0.25) is 0 Å². The minimum absolute atomic E-state index is 0.0586. The molecule has 0 radical (unpaired) electrons. The minimum atomic E-state index is -0.411. The molecule has 1 aliphatic heterocycles. The molecule has 4 nitrogen and oxygen atoms in total. The van der Waals surface area contributed by atoms with Crippen LogP contribution in [0.5, 0.6) is 0 Å². The number of aliphatic hydroxyl groups is 2. The van der Waals surface area contributed by atoms with Gasteiger partial charge in [-0.25, -0.2) is 0 Å². The van der Waals surface area contributed by atoms with Gasteiger partial charge in [0.15, 0.2) is 6.29 Å². The third kappa shape index (κ3) is 2.41. The number of hydrogen-bond donors (Lipinski definition) is 2. The Morgan fingerprint density at radius 1 is 1.55 bits per heavy atom. The van der Waals surface area contributed by atoms with Gasteiger partial charge in [0.2, 0.25) is 0 Å². The second-order valence-electron chi connectivity index (χ2n) is 2.73. The van der Waals surface area contributed by atoms with Crippen molar-refractivity contribution in [3.63, 3.8) is 0 Å². The first kappa shape index (κ1) is 8.93. The zero-order valence-corrected chi connectivity index (χ0v) is 6.56. The van der Waals surface area contributed by atoms with Gasteiger partial charge in [-0.2, -0.15) is 0 Å². The Labute approximate surface area is 65.7 Å². The maximum absolute atomic E-state index is 9.24. The number of ether oxygens (including phenoxy) is 2. The Bertz CT molecular complexity index is 105. The average Bonchev–Trinajstić information content (AvgIpc) is 2.03. The normalized spacial score (nSPS) is 39.0. The average molecular weight is 162 g/mol. The third-order valence-corrected chi connectivity index (χ3v) is 1.81. The van der Waals surface area contributed by atoms with Gasteiger partial charge >= 0.3 is 0 Å². The van der Waals surface area contributed by atoms with Crippen LogP contribution in [0, 0.1) is 0 Å². The largest absolute Gasteiger partial charge is 0.394 e. The highest BCUT2D eigenvalue weighted by molar-refractivity contribution is 4.72. The molecule has 2 N–H and O–H groups in total. The van der Waals surface area contributed by atoms with Crippen LogP contribution in [0.4, 0.5) is 0 Å². The number of hydrogen-bond acceptors (Lipinski definition) is 4. The number of rotatable bonds is 2. The van der Waals surface area contributed by atoms with Gasteiger partial charge in [0.1, 0.15) is 0 Å². The molecule has 1 heterocycles. The van der Waals surface area contributed by atoms with Gasteiger partial charge in [-0.3, -0.25) is 0 Å². The molecule has 0 bridgehead atoms. The van der Waals surface area contributed by atoms with Crippen molar-refractivity contribution in [1.29, 1.82) is 0 Å². The van der Waals surface area contributed by atoms with E-state index in [1.54, 1.807) is 0 Å². The van der Waals surface area contributed by atoms with E-state index in [2.05, 4.69) is 0 Å². The van der Waals surface area contributed by atoms with E-state index in [-0.39, 0.29) is 19.0 Å². The van der Waals surface area contributed by atoms with E-state index < -0.39 is 6.10 Å². The smallest absolute Gasteiger partial charge is 0.160 e. The molecule has 2 unspecified atom stereocenters. The fourth-order valence-corrected chi connectivity index (χ4v) is 1.22. The Kier molecular flexibility index (Phi) is 3.26. The van der Waals surface area contributed by atoms with E-state index in [0.29, 0.717) is 12.8 Å². The van der Waals surface area contributed by atoms with Gasteiger partial charge in [-0.15, -0.1) is 0 Å². The molecule has 0 aromatic rings. The summed E-state index contributed by atoms with van der Waals surface area (Å²) in [6.45, 7) is -0.0586. The van der Waals surface area contributed by atoms with Crippen molar-refractivity contribution in [2.24, 2.45) is 0 Å². The number of aliphatic hydroxyl groups excluding tert-OH is 2. The fourth-order valence-electron chi connectivity index (χ4n) is 1.22. The summed E-state index contributed by atoms with van der Waals surface area (Å²) in [6, 6.07) is 0. The van der Waals surface area contributed by atoms with Crippen LogP contribution in [0.1, 0.15) is 12.8 Å². The van der Waals surface area contributed by atoms with Crippen molar-refractivity contribution in [1.82, 2.24) is 0 Å². The molecule has 0 aromatic carbocycles. The summed E-state index contributed by atoms with van der Waals surface area (Å²) in [5.74, 6) is 0. The van der Waals surface area contributed by atoms with E-state index in [4.69, 9.17) is 14.6 Å². The summed E-state index contributed by atoms with van der Waals surface area (Å²) in [5.41, 5.74) is 0. The molecule has 0 spiro atoms. The zero-order valence-electron chi connectivity index (χ0n) is 6.56. The summed E-state index contributed by atoms with van der Waals surface area (Å²) >= 11 is 0. The van der Waals surface area contributed by atoms with Gasteiger partial charge in [0.25, 0.3) is 0 Å². The monoisotopic (exact) mass is 162 g/mol. The molecule has 1 aliphatic rings. The van der Waals surface area contributed by atoms with Gasteiger partial charge in [0, 0.05) is 20.0 Å². The Balaban J connectivity index is 2.37. The van der Waals surface area contributed by atoms with Crippen LogP contribution in [-0.4, -0.2) is 42.4 Å². The highest BCUT2D eigenvalue weighted by Crippen LogP contribution is 2.19. The van der Waals surface area contributed by atoms with Gasteiger partial charge in [-0.1, -0.05) is 0 Å². The Hall–Kier alpha value is -0.160. The predicted octanol–water partition coefficient (Wildman–Crippen LogP) is -0.509. The standard InChI is InChI=1S/C7H14O4/c1-10-7-3-5(9)2-6(4-8)11-7/h5-9H,2-4H2,1H3/t5?,6-,7?/m0/s1. The second kappa shape index (κ2) is 4.01. The lowest BCUT2D eigenvalue weighted by atomic mass is 10.1. The van der Waals surface area contributed by atoms with Gasteiger partial charge in [0.05, 0.1) is 18.8 Å². The lowest BCUT2D eigenvalue weighted by Crippen LogP contribution is -2.38. The summed E-state index contributed by atoms with van der Waals surface area (Å²) in [5, 5.41) is 18.0. The summed E-state index contributed by atoms with van der Waals surface area (Å²) in [7, 11) is 1.52. The summed E-state index contributed by atoms with van der Waals surface area (Å²) < 4.78 is 10.1. The first-order valence-corrected chi connectivity index (χ1v) is 3.73. The van der Waals surface area contributed by atoms with E-state index >= 15 is 0 Å². The topological polar surface area (TPSA) is 58.9 Å². The molecule has 0 aliphatic carbocycles. The first-order valence-electron chi connectivity index (χ1n) is 3.73. The fraction of sp³-hybridized carbons (Fsp3) is 1.00. The predicted molar refractivity (Wildman–Crippen MR) is 38.0 cm³/mol. The summed E-state index contributed by atoms with van der Waals surface area (Å²) in [6.07, 6.45) is -0.0611. The van der Waals surface area contributed by atoms with Gasteiger partial charge in [-0.05, 0) is 0 Å². The SMILES string of the molecule is COC1CC(O)C[C@@H](CO)O1. The second-order valence-corrected chi connectivity index (χ2v) is 2.73. The molecule has 11 heavy (non-hydrogen) atoms. The van der Waals surface area contributed by atoms with Crippen LogP contribution >= 0.6 is 0 Å². The summed E-state index contributed by atoms with van der Waals surface area (Å²) in [4.78, 5) is 0. The molecule has 1 saturated heterocycles. The van der Waals surface area contributed by atoms with Crippen molar-refractivity contribution in [2.75, 3.05) is 13.7 Å². The van der Waals surface area contributed by atoms with Crippen LogP contribution < -0.4 is 0 Å². The Morgan fingerprint density at radius 2 is 2.27 bits per heavy atom. The van der Waals surface area contributed by atoms with Crippen molar-refractivity contribution in [3.8, 4) is 0 Å². The molecule has 1 fully saturated rings. The first-order chi connectivity index (χ1) is 5.26. The Morgan fingerprint density at radius 3 is 2.82 bits per heavy atom. The van der Waals surface area contributed by atoms with Crippen LogP contribution in [-0.2, 0) is 9.47 Å². The molecule has 4 heteroatoms. The molecular formula is C7H14O4. The number of methoxy groups -OCH3 is 1. The molecular weight excluding hydrogens is 148 g/mol. The molecule has 3 atom stereocenters. The molecule has 0 amide bonds. The minimum Gasteiger partial charge on any atom is -0.394 e. The molecule has 1 rings (SSSR count). The van der Waals surface area contributed by atoms with E-state index in [1.807, 2.05) is 0 Å². The van der Waals surface area contributed by atoms with Crippen molar-refractivity contribution in [2.45, 2.75) is 31.3 Å². The lowest BCUT2D eigenvalue weighted by molar-refractivity contribution is -0.210. The van der Waals surface area contributed by atoms with E-state index in [0.717, 1.165) is 0 Å². The highest BCUT2D eigenvalue weighted by atomic mass is 16.7. The lowest BCUT2D eigenvalue weighted by Gasteiger charge is -2.30. The quantitative estimate of drug-likeness (QED) is 0.574. The van der Waals surface area contributed by atoms with Crippen molar-refractivity contribution in [3.05, 3.63) is 0 Å². The van der Waals surface area contributed by atoms with E-state index in [1.165, 1.54) is 7.11 Å². The molecule has 0 saturated carbocycles. The molecule has 0 aromatic heterocycles. The highest BCUT2D eigenvalue weighted by Gasteiger charge is 2.27. The third-order valence-electron chi connectivity index (χ3n) is 1.81. The maximum Gasteiger partial charge on any atom is 0.160 e. The van der Waals surface area contributed by atoms with Gasteiger partial charge < -0.3 is 19.7 Å². The van der Waals surface area contributed by atoms with Crippen molar-refractivity contribution >= 4 is 0 Å². The van der Waals surface area contributed by atoms with Crippen LogP contribution in [0.15, 0.2) is 0 Å². The van der Waals surface area contributed by atoms with Crippen molar-refractivity contribution < 1.29 is 19.7 Å². The zero-order chi connectivity index (χ0) is 8.27. The van der Waals surface area contributed by atoms with Crippen LogP contribution in [0.3, 0.4) is 0 Å². The van der Waals surface area contributed by atoms with Crippen LogP contribution in [0.25, 0.3) is 0 Å².